The van der Waals surface area contributed by atoms with Crippen molar-refractivity contribution in [3.05, 3.63) is 107 Å². The summed E-state index contributed by atoms with van der Waals surface area (Å²) in [7, 11) is 0. The van der Waals surface area contributed by atoms with Gasteiger partial charge in [0.15, 0.2) is 0 Å². The number of anilines is 1. The molecule has 3 aromatic heterocycles. The van der Waals surface area contributed by atoms with Gasteiger partial charge in [0.2, 0.25) is 0 Å². The molecule has 0 aliphatic rings. The fourth-order valence-electron chi connectivity index (χ4n) is 3.82. The highest BCUT2D eigenvalue weighted by Crippen LogP contribution is 2.29. The van der Waals surface area contributed by atoms with Gasteiger partial charge in [-0.3, -0.25) is 9.48 Å². The Morgan fingerprint density at radius 3 is 2.39 bits per heavy atom. The maximum Gasteiger partial charge on any atom is 0.275 e. The first kappa shape index (κ1) is 23.7. The molecule has 1 amide bonds. The van der Waals surface area contributed by atoms with Gasteiger partial charge in [0, 0.05) is 11.5 Å². The van der Waals surface area contributed by atoms with E-state index in [0.29, 0.717) is 23.7 Å². The molecule has 182 valence electrons. The Hall–Kier alpha value is -4.04. The maximum atomic E-state index is 13.6. The van der Waals surface area contributed by atoms with Crippen LogP contribution in [0.2, 0.25) is 0 Å². The Morgan fingerprint density at radius 1 is 0.972 bits per heavy atom. The Bertz CT molecular complexity index is 1480. The number of aromatic nitrogens is 4. The third-order valence-electron chi connectivity index (χ3n) is 5.75. The maximum absolute atomic E-state index is 13.6. The van der Waals surface area contributed by atoms with Crippen LogP contribution in [-0.4, -0.2) is 25.5 Å². The minimum atomic E-state index is -0.338. The lowest BCUT2D eigenvalue weighted by atomic mass is 9.92. The van der Waals surface area contributed by atoms with Gasteiger partial charge in [-0.05, 0) is 47.3 Å². The summed E-state index contributed by atoms with van der Waals surface area (Å²) in [5.41, 5.74) is 3.47. The van der Waals surface area contributed by atoms with Gasteiger partial charge in [0.25, 0.3) is 5.91 Å². The van der Waals surface area contributed by atoms with E-state index in [2.05, 4.69) is 26.1 Å². The number of nitrogens with one attached hydrogen (secondary N) is 1. The number of carbonyl (C=O) groups excluding carboxylic acids is 1. The second-order valence-electron chi connectivity index (χ2n) is 9.54. The molecule has 0 unspecified atom stereocenters. The molecule has 5 rings (SSSR count). The molecule has 0 spiro atoms. The van der Waals surface area contributed by atoms with Crippen molar-refractivity contribution in [2.24, 2.45) is 0 Å². The largest absolute Gasteiger partial charge is 0.305 e. The van der Waals surface area contributed by atoms with E-state index in [1.807, 2.05) is 60.0 Å². The van der Waals surface area contributed by atoms with Crippen LogP contribution in [0.3, 0.4) is 0 Å². The number of benzene rings is 2. The molecule has 0 fully saturated rings. The molecule has 1 N–H and O–H groups in total. The monoisotopic (exact) mass is 499 g/mol. The number of hydrogen-bond donors (Lipinski definition) is 1. The zero-order chi connectivity index (χ0) is 25.3. The van der Waals surface area contributed by atoms with E-state index in [1.54, 1.807) is 32.8 Å². The molecule has 0 bridgehead atoms. The predicted molar refractivity (Wildman–Crippen MR) is 141 cm³/mol. The summed E-state index contributed by atoms with van der Waals surface area (Å²) >= 11 is 1.56. The second kappa shape index (κ2) is 9.54. The van der Waals surface area contributed by atoms with Crippen molar-refractivity contribution in [1.82, 2.24) is 19.6 Å². The third kappa shape index (κ3) is 4.99. The van der Waals surface area contributed by atoms with Gasteiger partial charge in [0.1, 0.15) is 23.0 Å². The summed E-state index contributed by atoms with van der Waals surface area (Å²) in [4.78, 5) is 14.6. The molecule has 0 saturated heterocycles. The normalized spacial score (nSPS) is 11.6. The summed E-state index contributed by atoms with van der Waals surface area (Å²) in [6.07, 6.45) is 0. The van der Waals surface area contributed by atoms with Crippen molar-refractivity contribution >= 4 is 23.1 Å². The lowest BCUT2D eigenvalue weighted by Crippen LogP contribution is -2.20. The van der Waals surface area contributed by atoms with Crippen LogP contribution < -0.4 is 5.32 Å². The van der Waals surface area contributed by atoms with Gasteiger partial charge >= 0.3 is 0 Å². The molecule has 3 heterocycles. The van der Waals surface area contributed by atoms with Crippen LogP contribution in [-0.2, 0) is 12.0 Å². The number of rotatable bonds is 6. The average Bonchev–Trinajstić information content (AvgIpc) is 3.60. The zero-order valence-electron chi connectivity index (χ0n) is 20.3. The van der Waals surface area contributed by atoms with E-state index in [9.17, 15) is 9.18 Å². The fraction of sp³-hybridized carbons (Fsp3) is 0.179. The highest BCUT2D eigenvalue weighted by atomic mass is 32.1. The van der Waals surface area contributed by atoms with Crippen molar-refractivity contribution in [3.63, 3.8) is 0 Å². The third-order valence-corrected chi connectivity index (χ3v) is 6.64. The Balaban J connectivity index is 1.53. The molecule has 0 atom stereocenters. The first-order valence-electron chi connectivity index (χ1n) is 11.6. The quantitative estimate of drug-likeness (QED) is 0.289. The number of thiophene rings is 1. The van der Waals surface area contributed by atoms with Crippen molar-refractivity contribution in [2.45, 2.75) is 32.7 Å². The fourth-order valence-corrected chi connectivity index (χ4v) is 4.50. The summed E-state index contributed by atoms with van der Waals surface area (Å²) < 4.78 is 16.9. The lowest BCUT2D eigenvalue weighted by molar-refractivity contribution is 0.101. The van der Waals surface area contributed by atoms with E-state index in [0.717, 1.165) is 21.8 Å². The minimum absolute atomic E-state index is 0.223. The molecule has 6 nitrogen and oxygen atoms in total. The van der Waals surface area contributed by atoms with Crippen LogP contribution in [0, 0.1) is 5.82 Å². The first-order chi connectivity index (χ1) is 17.3. The van der Waals surface area contributed by atoms with Crippen LogP contribution in [0.4, 0.5) is 10.2 Å². The summed E-state index contributed by atoms with van der Waals surface area (Å²) in [6, 6.07) is 23.5. The summed E-state index contributed by atoms with van der Waals surface area (Å²) in [5.74, 6) is -0.149. The molecule has 36 heavy (non-hydrogen) atoms. The van der Waals surface area contributed by atoms with E-state index in [4.69, 9.17) is 10.2 Å². The van der Waals surface area contributed by atoms with Crippen LogP contribution >= 0.6 is 11.3 Å². The van der Waals surface area contributed by atoms with Gasteiger partial charge in [0.05, 0.1) is 22.8 Å². The standard InChI is InChI=1S/C28H26FN5OS/c1-28(2,3)25-17-23(33(32-25)18-19-8-5-4-6-9-19)27(35)30-26-16-22(24-10-7-15-36-24)31-34(26)21-13-11-20(29)12-14-21/h4-17H,18H2,1-3H3,(H,30,35). The molecule has 0 radical (unpaired) electrons. The lowest BCUT2D eigenvalue weighted by Gasteiger charge is -2.14. The average molecular weight is 500 g/mol. The van der Waals surface area contributed by atoms with Crippen LogP contribution in [0.15, 0.2) is 84.2 Å². The molecule has 0 saturated carbocycles. The summed E-state index contributed by atoms with van der Waals surface area (Å²) in [5, 5.41) is 14.5. The van der Waals surface area contributed by atoms with Crippen molar-refractivity contribution < 1.29 is 9.18 Å². The van der Waals surface area contributed by atoms with E-state index in [1.165, 1.54) is 12.1 Å². The highest BCUT2D eigenvalue weighted by molar-refractivity contribution is 7.13. The molecule has 2 aromatic carbocycles. The SMILES string of the molecule is CC(C)(C)c1cc(C(=O)Nc2cc(-c3cccs3)nn2-c2ccc(F)cc2)n(Cc2ccccc2)n1. The van der Waals surface area contributed by atoms with Gasteiger partial charge in [-0.2, -0.15) is 10.2 Å². The smallest absolute Gasteiger partial charge is 0.275 e. The summed E-state index contributed by atoms with van der Waals surface area (Å²) in [6.45, 7) is 6.68. The van der Waals surface area contributed by atoms with E-state index < -0.39 is 0 Å². The van der Waals surface area contributed by atoms with Crippen molar-refractivity contribution in [3.8, 4) is 16.3 Å². The second-order valence-corrected chi connectivity index (χ2v) is 10.5. The number of nitrogens with zero attached hydrogens (tertiary/aromatic N) is 4. The van der Waals surface area contributed by atoms with Gasteiger partial charge in [-0.1, -0.05) is 57.2 Å². The topological polar surface area (TPSA) is 64.7 Å². The number of hydrogen-bond acceptors (Lipinski definition) is 4. The van der Waals surface area contributed by atoms with E-state index >= 15 is 0 Å². The molecular formula is C28H26FN5OS. The Morgan fingerprint density at radius 2 is 1.72 bits per heavy atom. The minimum Gasteiger partial charge on any atom is -0.305 e. The zero-order valence-corrected chi connectivity index (χ0v) is 21.1. The molecule has 0 aliphatic heterocycles. The highest BCUT2D eigenvalue weighted by Gasteiger charge is 2.24. The van der Waals surface area contributed by atoms with Crippen LogP contribution in [0.1, 0.15) is 42.5 Å². The van der Waals surface area contributed by atoms with E-state index in [-0.39, 0.29) is 17.1 Å². The van der Waals surface area contributed by atoms with Crippen molar-refractivity contribution in [2.75, 3.05) is 5.32 Å². The van der Waals surface area contributed by atoms with Gasteiger partial charge < -0.3 is 5.32 Å². The molecule has 8 heteroatoms. The van der Waals surface area contributed by atoms with Crippen LogP contribution in [0.25, 0.3) is 16.3 Å². The van der Waals surface area contributed by atoms with Crippen LogP contribution in [0.5, 0.6) is 0 Å². The molecular weight excluding hydrogens is 473 g/mol. The Labute approximate surface area is 213 Å². The Kier molecular flexibility index (Phi) is 6.28. The number of carbonyl (C=O) groups is 1. The molecule has 5 aromatic rings. The van der Waals surface area contributed by atoms with Gasteiger partial charge in [-0.25, -0.2) is 9.07 Å². The number of amides is 1. The first-order valence-corrected chi connectivity index (χ1v) is 12.5. The predicted octanol–water partition coefficient (Wildman–Crippen LogP) is 6.53. The molecule has 0 aliphatic carbocycles. The number of halogens is 1. The van der Waals surface area contributed by atoms with Gasteiger partial charge in [-0.15, -0.1) is 11.3 Å². The van der Waals surface area contributed by atoms with Crippen molar-refractivity contribution in [1.29, 1.82) is 0 Å².